The molecule has 0 bridgehead atoms. The Morgan fingerprint density at radius 1 is 1.21 bits per heavy atom. The Morgan fingerprint density at radius 3 is 2.21 bits per heavy atom. The zero-order valence-electron chi connectivity index (χ0n) is 9.31. The smallest absolute Gasteiger partial charge is 0.258 e. The van der Waals surface area contributed by atoms with Gasteiger partial charge in [0.05, 0.1) is 26.3 Å². The van der Waals surface area contributed by atoms with Crippen molar-refractivity contribution in [2.24, 2.45) is 5.14 Å². The van der Waals surface area contributed by atoms with Gasteiger partial charge in [0.1, 0.15) is 0 Å². The van der Waals surface area contributed by atoms with E-state index in [4.69, 9.17) is 16.7 Å². The summed E-state index contributed by atoms with van der Waals surface area (Å²) in [6.07, 6.45) is 0. The van der Waals surface area contributed by atoms with Gasteiger partial charge >= 0.3 is 0 Å². The number of hydrogen-bond acceptors (Lipinski definition) is 6. The summed E-state index contributed by atoms with van der Waals surface area (Å²) >= 11 is 5.64. The van der Waals surface area contributed by atoms with Crippen molar-refractivity contribution in [1.82, 2.24) is 0 Å². The van der Waals surface area contributed by atoms with E-state index in [-0.39, 0.29) is 15.6 Å². The lowest BCUT2D eigenvalue weighted by molar-refractivity contribution is -0.384. The Hall–Kier alpha value is -1.23. The van der Waals surface area contributed by atoms with Crippen molar-refractivity contribution in [2.45, 2.75) is 4.90 Å². The molecule has 1 rings (SSSR count). The van der Waals surface area contributed by atoms with Gasteiger partial charge in [-0.1, -0.05) is 11.6 Å². The van der Waals surface area contributed by atoms with Crippen molar-refractivity contribution in [3.05, 3.63) is 33.3 Å². The number of benzene rings is 1. The highest BCUT2D eigenvalue weighted by molar-refractivity contribution is 7.94. The first kappa shape index (κ1) is 15.8. The monoisotopic (exact) mass is 328 g/mol. The Kier molecular flexibility index (Phi) is 4.50. The van der Waals surface area contributed by atoms with Crippen LogP contribution in [0.15, 0.2) is 23.1 Å². The van der Waals surface area contributed by atoms with Gasteiger partial charge in [0.25, 0.3) is 5.69 Å². The van der Waals surface area contributed by atoms with Crippen LogP contribution >= 0.6 is 11.6 Å². The van der Waals surface area contributed by atoms with Gasteiger partial charge in [-0.25, -0.2) is 22.0 Å². The largest absolute Gasteiger partial charge is 0.271 e. The summed E-state index contributed by atoms with van der Waals surface area (Å²) in [6, 6.07) is 2.81. The summed E-state index contributed by atoms with van der Waals surface area (Å²) in [6.45, 7) is 0. The SMILES string of the molecule is NS(=O)(=O)CCS(=O)(=O)c1ccc([N+](=O)[O-])cc1Cl. The Labute approximate surface area is 114 Å². The van der Waals surface area contributed by atoms with Crippen LogP contribution in [-0.2, 0) is 19.9 Å². The number of sulfonamides is 1. The van der Waals surface area contributed by atoms with E-state index in [1.54, 1.807) is 0 Å². The fourth-order valence-corrected chi connectivity index (χ4v) is 4.38. The van der Waals surface area contributed by atoms with Crippen LogP contribution in [0.2, 0.25) is 5.02 Å². The van der Waals surface area contributed by atoms with Gasteiger partial charge in [0, 0.05) is 12.1 Å². The summed E-state index contributed by atoms with van der Waals surface area (Å²) in [5, 5.41) is 14.8. The minimum atomic E-state index is -3.98. The third-order valence-electron chi connectivity index (χ3n) is 2.10. The van der Waals surface area contributed by atoms with E-state index in [9.17, 15) is 26.9 Å². The molecule has 0 aromatic heterocycles. The first-order valence-electron chi connectivity index (χ1n) is 4.70. The van der Waals surface area contributed by atoms with Crippen LogP contribution in [0.5, 0.6) is 0 Å². The first-order valence-corrected chi connectivity index (χ1v) is 8.45. The molecule has 1 aromatic rings. The standard InChI is InChI=1S/C8H9ClN2O6S2/c9-7-5-6(11(12)13)1-2-8(7)18(14,15)3-4-19(10,16)17/h1-2,5H,3-4H2,(H2,10,16,17). The third-order valence-corrected chi connectivity index (χ3v) is 5.32. The molecule has 0 saturated heterocycles. The van der Waals surface area contributed by atoms with Crippen molar-refractivity contribution in [3.63, 3.8) is 0 Å². The van der Waals surface area contributed by atoms with E-state index in [0.29, 0.717) is 0 Å². The number of primary sulfonamides is 1. The molecule has 0 aliphatic carbocycles. The second-order valence-corrected chi connectivity index (χ2v) is 7.78. The second kappa shape index (κ2) is 5.41. The lowest BCUT2D eigenvalue weighted by Crippen LogP contribution is -2.23. The lowest BCUT2D eigenvalue weighted by atomic mass is 10.3. The molecule has 0 atom stereocenters. The predicted molar refractivity (Wildman–Crippen MR) is 68.1 cm³/mol. The summed E-state index contributed by atoms with van der Waals surface area (Å²) in [5.41, 5.74) is -0.365. The lowest BCUT2D eigenvalue weighted by Gasteiger charge is -2.05. The molecule has 106 valence electrons. The average Bonchev–Trinajstić information content (AvgIpc) is 2.25. The molecule has 1 aromatic carbocycles. The Bertz CT molecular complexity index is 713. The molecule has 0 fully saturated rings. The number of non-ortho nitro benzene ring substituents is 1. The summed E-state index contributed by atoms with van der Waals surface area (Å²) < 4.78 is 45.1. The number of halogens is 1. The number of hydrogen-bond donors (Lipinski definition) is 1. The van der Waals surface area contributed by atoms with Crippen LogP contribution < -0.4 is 5.14 Å². The van der Waals surface area contributed by atoms with Gasteiger partial charge < -0.3 is 0 Å². The van der Waals surface area contributed by atoms with E-state index in [1.165, 1.54) is 0 Å². The fraction of sp³-hybridized carbons (Fsp3) is 0.250. The van der Waals surface area contributed by atoms with Gasteiger partial charge in [-0.3, -0.25) is 10.1 Å². The van der Waals surface area contributed by atoms with E-state index in [0.717, 1.165) is 18.2 Å². The molecule has 0 aliphatic heterocycles. The van der Waals surface area contributed by atoms with Crippen molar-refractivity contribution in [3.8, 4) is 0 Å². The van der Waals surface area contributed by atoms with Crippen molar-refractivity contribution in [1.29, 1.82) is 0 Å². The van der Waals surface area contributed by atoms with E-state index in [1.807, 2.05) is 0 Å². The zero-order chi connectivity index (χ0) is 14.8. The van der Waals surface area contributed by atoms with E-state index < -0.39 is 36.3 Å². The van der Waals surface area contributed by atoms with Gasteiger partial charge in [-0.05, 0) is 6.07 Å². The maximum Gasteiger partial charge on any atom is 0.271 e. The summed E-state index contributed by atoms with van der Waals surface area (Å²) in [7, 11) is -7.91. The first-order chi connectivity index (χ1) is 8.53. The average molecular weight is 329 g/mol. The molecule has 0 saturated carbocycles. The fourth-order valence-electron chi connectivity index (χ4n) is 1.19. The highest BCUT2D eigenvalue weighted by Gasteiger charge is 2.22. The summed E-state index contributed by atoms with van der Waals surface area (Å²) in [5.74, 6) is -1.51. The number of nitrogens with zero attached hydrogens (tertiary/aromatic N) is 1. The molecule has 19 heavy (non-hydrogen) atoms. The third kappa shape index (κ3) is 4.42. The Balaban J connectivity index is 3.12. The van der Waals surface area contributed by atoms with E-state index in [2.05, 4.69) is 0 Å². The summed E-state index contributed by atoms with van der Waals surface area (Å²) in [4.78, 5) is 9.37. The molecule has 0 heterocycles. The van der Waals surface area contributed by atoms with Crippen LogP contribution in [0.3, 0.4) is 0 Å². The van der Waals surface area contributed by atoms with Gasteiger partial charge in [-0.15, -0.1) is 0 Å². The van der Waals surface area contributed by atoms with E-state index >= 15 is 0 Å². The zero-order valence-corrected chi connectivity index (χ0v) is 11.7. The number of rotatable bonds is 5. The number of sulfone groups is 1. The highest BCUT2D eigenvalue weighted by Crippen LogP contribution is 2.26. The molecule has 0 radical (unpaired) electrons. The molecule has 2 N–H and O–H groups in total. The van der Waals surface area contributed by atoms with Crippen LogP contribution in [0.1, 0.15) is 0 Å². The van der Waals surface area contributed by atoms with Gasteiger partial charge in [0.2, 0.25) is 10.0 Å². The number of nitro benzene ring substituents is 1. The Morgan fingerprint density at radius 2 is 1.79 bits per heavy atom. The normalized spacial score (nSPS) is 12.3. The van der Waals surface area contributed by atoms with Crippen LogP contribution in [0, 0.1) is 10.1 Å². The molecule has 0 spiro atoms. The van der Waals surface area contributed by atoms with Crippen molar-refractivity contribution in [2.75, 3.05) is 11.5 Å². The molecule has 0 unspecified atom stereocenters. The minimum Gasteiger partial charge on any atom is -0.258 e. The molecule has 8 nitrogen and oxygen atoms in total. The van der Waals surface area contributed by atoms with Crippen LogP contribution in [0.4, 0.5) is 5.69 Å². The predicted octanol–water partition coefficient (Wildman–Crippen LogP) is 0.310. The second-order valence-electron chi connectivity index (χ2n) is 3.56. The van der Waals surface area contributed by atoms with Gasteiger partial charge in [-0.2, -0.15) is 0 Å². The quantitative estimate of drug-likeness (QED) is 0.609. The minimum absolute atomic E-state index is 0.344. The molecular formula is C8H9ClN2O6S2. The van der Waals surface area contributed by atoms with Crippen molar-refractivity contribution < 1.29 is 21.8 Å². The molecular weight excluding hydrogens is 320 g/mol. The molecule has 11 heteroatoms. The van der Waals surface area contributed by atoms with Crippen LogP contribution in [-0.4, -0.2) is 33.3 Å². The topological polar surface area (TPSA) is 137 Å². The van der Waals surface area contributed by atoms with Crippen molar-refractivity contribution >= 4 is 37.1 Å². The molecule has 0 aliphatic rings. The number of nitro groups is 1. The number of nitrogens with two attached hydrogens (primary N) is 1. The van der Waals surface area contributed by atoms with Gasteiger partial charge in [0.15, 0.2) is 9.84 Å². The maximum absolute atomic E-state index is 11.8. The molecule has 0 amide bonds. The maximum atomic E-state index is 11.8. The van der Waals surface area contributed by atoms with Crippen LogP contribution in [0.25, 0.3) is 0 Å². The highest BCUT2D eigenvalue weighted by atomic mass is 35.5.